The lowest BCUT2D eigenvalue weighted by atomic mass is 10.2. The fraction of sp³-hybridized carbons (Fsp3) is 0.348. The fourth-order valence-corrected chi connectivity index (χ4v) is 2.85. The third-order valence-electron chi connectivity index (χ3n) is 4.83. The zero-order valence-electron chi connectivity index (χ0n) is 18.7. The Morgan fingerprint density at radius 2 is 1.75 bits per heavy atom. The van der Waals surface area contributed by atoms with Crippen molar-refractivity contribution in [3.05, 3.63) is 77.4 Å². The van der Waals surface area contributed by atoms with Gasteiger partial charge in [-0.05, 0) is 30.2 Å². The molecule has 0 saturated heterocycles. The summed E-state index contributed by atoms with van der Waals surface area (Å²) in [6.07, 6.45) is 0. The van der Waals surface area contributed by atoms with Gasteiger partial charge in [0.25, 0.3) is 0 Å². The molecule has 3 rings (SSSR count). The first-order valence-electron chi connectivity index (χ1n) is 10.3. The zero-order valence-corrected chi connectivity index (χ0v) is 21.1. The maximum Gasteiger partial charge on any atom is 0.192 e. The van der Waals surface area contributed by atoms with Gasteiger partial charge in [0, 0.05) is 13.6 Å². The molecular formula is C23H31IN6O2. The minimum atomic E-state index is 0. The number of rotatable bonds is 10. The van der Waals surface area contributed by atoms with Gasteiger partial charge in [-0.15, -0.1) is 34.2 Å². The van der Waals surface area contributed by atoms with E-state index in [-0.39, 0.29) is 24.0 Å². The molecule has 0 atom stereocenters. The molecule has 1 heterocycles. The molecule has 0 amide bonds. The molecule has 0 aliphatic rings. The summed E-state index contributed by atoms with van der Waals surface area (Å²) >= 11 is 0. The number of benzene rings is 2. The Hall–Kier alpha value is -2.66. The van der Waals surface area contributed by atoms with E-state index < -0.39 is 0 Å². The van der Waals surface area contributed by atoms with E-state index >= 15 is 0 Å². The summed E-state index contributed by atoms with van der Waals surface area (Å²) in [5.74, 6) is 3.24. The third kappa shape index (κ3) is 8.12. The summed E-state index contributed by atoms with van der Waals surface area (Å²) in [6, 6.07) is 18.0. The van der Waals surface area contributed by atoms with Gasteiger partial charge in [0.2, 0.25) is 0 Å². The van der Waals surface area contributed by atoms with Gasteiger partial charge in [-0.25, -0.2) is 4.99 Å². The second-order valence-corrected chi connectivity index (χ2v) is 7.05. The normalized spacial score (nSPS) is 11.0. The van der Waals surface area contributed by atoms with Gasteiger partial charge in [0.15, 0.2) is 11.8 Å². The molecule has 0 aliphatic heterocycles. The number of aromatic nitrogens is 3. The Balaban J connectivity index is 0.00000363. The highest BCUT2D eigenvalue weighted by Crippen LogP contribution is 2.11. The summed E-state index contributed by atoms with van der Waals surface area (Å²) in [5.41, 5.74) is 2.25. The third-order valence-corrected chi connectivity index (χ3v) is 4.83. The number of halogens is 1. The number of aliphatic imine (C=N–C) groups is 1. The molecule has 32 heavy (non-hydrogen) atoms. The molecule has 172 valence electrons. The number of aryl methyl sites for hydroxylation is 1. The van der Waals surface area contributed by atoms with Gasteiger partial charge in [-0.2, -0.15) is 0 Å². The van der Waals surface area contributed by atoms with E-state index in [2.05, 4.69) is 33.0 Å². The fourth-order valence-electron chi connectivity index (χ4n) is 2.85. The summed E-state index contributed by atoms with van der Waals surface area (Å²) < 4.78 is 12.9. The number of nitrogens with zero attached hydrogens (tertiary/aromatic N) is 4. The first-order chi connectivity index (χ1) is 15.2. The number of hydrogen-bond donors (Lipinski definition) is 2. The molecule has 8 nitrogen and oxygen atoms in total. The smallest absolute Gasteiger partial charge is 0.192 e. The van der Waals surface area contributed by atoms with Crippen LogP contribution in [-0.4, -0.2) is 41.0 Å². The van der Waals surface area contributed by atoms with Crippen LogP contribution in [0.25, 0.3) is 0 Å². The van der Waals surface area contributed by atoms with Crippen LogP contribution in [0.4, 0.5) is 0 Å². The lowest BCUT2D eigenvalue weighted by molar-refractivity contribution is 0.125. The van der Waals surface area contributed by atoms with Crippen molar-refractivity contribution in [2.75, 3.05) is 20.3 Å². The van der Waals surface area contributed by atoms with Crippen LogP contribution < -0.4 is 15.4 Å². The molecule has 2 N–H and O–H groups in total. The van der Waals surface area contributed by atoms with Crippen molar-refractivity contribution in [1.29, 1.82) is 0 Å². The molecule has 0 aliphatic carbocycles. The van der Waals surface area contributed by atoms with E-state index in [1.54, 1.807) is 7.11 Å². The average molecular weight is 550 g/mol. The highest BCUT2D eigenvalue weighted by Gasteiger charge is 2.06. The lowest BCUT2D eigenvalue weighted by Gasteiger charge is -2.13. The Kier molecular flexibility index (Phi) is 10.9. The van der Waals surface area contributed by atoms with E-state index in [1.807, 2.05) is 61.0 Å². The molecule has 0 unspecified atom stereocenters. The largest absolute Gasteiger partial charge is 0.497 e. The minimum Gasteiger partial charge on any atom is -0.497 e. The topological polar surface area (TPSA) is 85.6 Å². The number of guanidine groups is 1. The van der Waals surface area contributed by atoms with Crippen molar-refractivity contribution in [2.24, 2.45) is 12.0 Å². The quantitative estimate of drug-likeness (QED) is 0.175. The molecule has 1 aromatic heterocycles. The highest BCUT2D eigenvalue weighted by molar-refractivity contribution is 14.0. The van der Waals surface area contributed by atoms with Crippen LogP contribution in [0.1, 0.15) is 22.8 Å². The van der Waals surface area contributed by atoms with Crippen LogP contribution in [0.3, 0.4) is 0 Å². The highest BCUT2D eigenvalue weighted by atomic mass is 127. The van der Waals surface area contributed by atoms with Gasteiger partial charge in [-0.3, -0.25) is 0 Å². The maximum atomic E-state index is 5.76. The average Bonchev–Trinajstić information content (AvgIpc) is 3.13. The van der Waals surface area contributed by atoms with Crippen LogP contribution >= 0.6 is 24.0 Å². The predicted molar refractivity (Wildman–Crippen MR) is 136 cm³/mol. The van der Waals surface area contributed by atoms with Crippen molar-refractivity contribution in [1.82, 2.24) is 25.4 Å². The van der Waals surface area contributed by atoms with E-state index in [4.69, 9.17) is 14.5 Å². The minimum absolute atomic E-state index is 0. The number of nitrogens with one attached hydrogen (secondary N) is 2. The summed E-state index contributed by atoms with van der Waals surface area (Å²) in [4.78, 5) is 4.70. The van der Waals surface area contributed by atoms with Gasteiger partial charge < -0.3 is 24.7 Å². The van der Waals surface area contributed by atoms with Crippen molar-refractivity contribution < 1.29 is 9.47 Å². The van der Waals surface area contributed by atoms with Crippen molar-refractivity contribution in [3.8, 4) is 5.75 Å². The van der Waals surface area contributed by atoms with Gasteiger partial charge in [0.1, 0.15) is 11.6 Å². The monoisotopic (exact) mass is 550 g/mol. The molecule has 2 aromatic carbocycles. The Bertz CT molecular complexity index is 960. The van der Waals surface area contributed by atoms with Crippen LogP contribution in [0.15, 0.2) is 59.6 Å². The van der Waals surface area contributed by atoms with E-state index in [0.717, 1.165) is 28.5 Å². The molecule has 0 bridgehead atoms. The van der Waals surface area contributed by atoms with Crippen LogP contribution in [0, 0.1) is 6.92 Å². The van der Waals surface area contributed by atoms with E-state index in [0.29, 0.717) is 38.8 Å². The lowest BCUT2D eigenvalue weighted by Crippen LogP contribution is -2.39. The standard InChI is InChI=1S/C23H30N6O2.HI/c1-18-27-28-22(29(18)2)16-26-23(25-15-19-9-11-21(30-3)12-10-19)24-13-14-31-17-20-7-5-4-6-8-20;/h4-12H,13-17H2,1-3H3,(H2,24,25,26);1H. The molecular weight excluding hydrogens is 519 g/mol. The molecule has 3 aromatic rings. The molecule has 0 saturated carbocycles. The van der Waals surface area contributed by atoms with Gasteiger partial charge in [-0.1, -0.05) is 42.5 Å². The summed E-state index contributed by atoms with van der Waals surface area (Å²) in [5, 5.41) is 15.0. The molecule has 0 radical (unpaired) electrons. The summed E-state index contributed by atoms with van der Waals surface area (Å²) in [7, 11) is 3.61. The van der Waals surface area contributed by atoms with Gasteiger partial charge in [0.05, 0.1) is 33.4 Å². The van der Waals surface area contributed by atoms with Crippen LogP contribution in [0.5, 0.6) is 5.75 Å². The molecule has 0 spiro atoms. The second kappa shape index (κ2) is 13.7. The van der Waals surface area contributed by atoms with E-state index in [1.165, 1.54) is 0 Å². The first-order valence-corrected chi connectivity index (χ1v) is 10.3. The number of methoxy groups -OCH3 is 1. The maximum absolute atomic E-state index is 5.76. The summed E-state index contributed by atoms with van der Waals surface area (Å²) in [6.45, 7) is 4.79. The Labute approximate surface area is 206 Å². The Morgan fingerprint density at radius 1 is 1.00 bits per heavy atom. The predicted octanol–water partition coefficient (Wildman–Crippen LogP) is 3.20. The second-order valence-electron chi connectivity index (χ2n) is 7.05. The zero-order chi connectivity index (χ0) is 21.9. The van der Waals surface area contributed by atoms with E-state index in [9.17, 15) is 0 Å². The number of hydrogen-bond acceptors (Lipinski definition) is 5. The van der Waals surface area contributed by atoms with Crippen molar-refractivity contribution in [3.63, 3.8) is 0 Å². The molecule has 0 fully saturated rings. The van der Waals surface area contributed by atoms with Crippen molar-refractivity contribution >= 4 is 29.9 Å². The molecule has 9 heteroatoms. The van der Waals surface area contributed by atoms with Gasteiger partial charge >= 0.3 is 0 Å². The van der Waals surface area contributed by atoms with Crippen LogP contribution in [0.2, 0.25) is 0 Å². The number of ether oxygens (including phenoxy) is 2. The SMILES string of the molecule is COc1ccc(CN=C(NCCOCc2ccccc2)NCc2nnc(C)n2C)cc1.I. The van der Waals surface area contributed by atoms with Crippen molar-refractivity contribution in [2.45, 2.75) is 26.6 Å². The Morgan fingerprint density at radius 3 is 2.41 bits per heavy atom. The first kappa shape index (κ1) is 25.6. The van der Waals surface area contributed by atoms with Crippen LogP contribution in [-0.2, 0) is 31.5 Å².